The van der Waals surface area contributed by atoms with Crippen LogP contribution in [0, 0.1) is 0 Å². The number of aromatic nitrogens is 2. The molecule has 0 aliphatic carbocycles. The van der Waals surface area contributed by atoms with Crippen LogP contribution >= 0.6 is 11.8 Å². The van der Waals surface area contributed by atoms with E-state index >= 15 is 0 Å². The molecular weight excluding hydrogens is 348 g/mol. The lowest BCUT2D eigenvalue weighted by Crippen LogP contribution is -2.35. The minimum atomic E-state index is 0.0494. The van der Waals surface area contributed by atoms with E-state index in [2.05, 4.69) is 9.88 Å². The maximum absolute atomic E-state index is 13.0. The molecule has 6 nitrogen and oxygen atoms in total. The number of methoxy groups -OCH3 is 1. The largest absolute Gasteiger partial charge is 0.496 e. The zero-order valence-corrected chi connectivity index (χ0v) is 16.5. The number of carbonyl (C=O) groups excluding carboxylic acids is 1. The van der Waals surface area contributed by atoms with Crippen LogP contribution in [0.2, 0.25) is 0 Å². The normalized spacial score (nSPS) is 15.7. The third-order valence-corrected chi connectivity index (χ3v) is 5.53. The molecule has 0 saturated carbocycles. The van der Waals surface area contributed by atoms with Gasteiger partial charge in [-0.15, -0.1) is 11.8 Å². The summed E-state index contributed by atoms with van der Waals surface area (Å²) in [6.07, 6.45) is 6.77. The van der Waals surface area contributed by atoms with Gasteiger partial charge in [0.15, 0.2) is 0 Å². The minimum Gasteiger partial charge on any atom is -0.496 e. The molecule has 7 heteroatoms. The number of imidazole rings is 1. The molecule has 3 rings (SSSR count). The van der Waals surface area contributed by atoms with E-state index in [9.17, 15) is 4.79 Å². The van der Waals surface area contributed by atoms with Crippen LogP contribution < -0.4 is 4.74 Å². The smallest absolute Gasteiger partial charge is 0.257 e. The van der Waals surface area contributed by atoms with Gasteiger partial charge in [-0.1, -0.05) is 0 Å². The molecule has 0 atom stereocenters. The Bertz CT molecular complexity index is 762. The molecular formula is C19H26N4O2S. The highest BCUT2D eigenvalue weighted by Crippen LogP contribution is 2.26. The van der Waals surface area contributed by atoms with Gasteiger partial charge in [-0.3, -0.25) is 9.69 Å². The zero-order chi connectivity index (χ0) is 18.5. The van der Waals surface area contributed by atoms with Gasteiger partial charge in [0.25, 0.3) is 5.91 Å². The molecule has 0 radical (unpaired) electrons. The maximum Gasteiger partial charge on any atom is 0.257 e. The van der Waals surface area contributed by atoms with E-state index < -0.39 is 0 Å². The van der Waals surface area contributed by atoms with Crippen LogP contribution in [-0.4, -0.2) is 64.8 Å². The van der Waals surface area contributed by atoms with Gasteiger partial charge in [0.2, 0.25) is 0 Å². The van der Waals surface area contributed by atoms with Crippen molar-refractivity contribution in [1.82, 2.24) is 19.4 Å². The lowest BCUT2D eigenvalue weighted by molar-refractivity contribution is 0.0757. The molecule has 1 aromatic carbocycles. The van der Waals surface area contributed by atoms with Crippen LogP contribution in [0.4, 0.5) is 0 Å². The fraction of sp³-hybridized carbons (Fsp3) is 0.474. The highest BCUT2D eigenvalue weighted by molar-refractivity contribution is 7.98. The molecule has 0 N–H and O–H groups in total. The van der Waals surface area contributed by atoms with Crippen LogP contribution in [0.25, 0.3) is 0 Å². The first-order chi connectivity index (χ1) is 12.6. The number of rotatable bonds is 5. The first-order valence-corrected chi connectivity index (χ1v) is 10.0. The standard InChI is InChI=1S/C19H26N4O2S/c1-21-10-7-20-18(21)14-22-8-4-9-23(12-11-22)19(24)16-6-5-15(26-3)13-17(16)25-2/h5-7,10,13H,4,8-9,11-12,14H2,1-3H3. The molecule has 1 aliphatic rings. The van der Waals surface area contributed by atoms with Gasteiger partial charge in [0.1, 0.15) is 11.6 Å². The van der Waals surface area contributed by atoms with Crippen molar-refractivity contribution in [1.29, 1.82) is 0 Å². The van der Waals surface area contributed by atoms with Crippen molar-refractivity contribution in [3.63, 3.8) is 0 Å². The van der Waals surface area contributed by atoms with Crippen molar-refractivity contribution < 1.29 is 9.53 Å². The predicted molar refractivity (Wildman–Crippen MR) is 104 cm³/mol. The van der Waals surface area contributed by atoms with Crippen molar-refractivity contribution >= 4 is 17.7 Å². The number of benzene rings is 1. The zero-order valence-electron chi connectivity index (χ0n) is 15.6. The van der Waals surface area contributed by atoms with E-state index in [1.807, 2.05) is 53.4 Å². The van der Waals surface area contributed by atoms with Gasteiger partial charge in [0.05, 0.1) is 19.2 Å². The third-order valence-electron chi connectivity index (χ3n) is 4.80. The summed E-state index contributed by atoms with van der Waals surface area (Å²) in [5.41, 5.74) is 0.642. The second kappa shape index (κ2) is 8.60. The van der Waals surface area contributed by atoms with Gasteiger partial charge >= 0.3 is 0 Å². The highest BCUT2D eigenvalue weighted by Gasteiger charge is 2.23. The number of thioether (sulfide) groups is 1. The molecule has 1 fully saturated rings. The van der Waals surface area contributed by atoms with Crippen LogP contribution in [-0.2, 0) is 13.6 Å². The molecule has 2 aromatic rings. The van der Waals surface area contributed by atoms with Crippen LogP contribution in [0.15, 0.2) is 35.5 Å². The number of hydrogen-bond donors (Lipinski definition) is 0. The van der Waals surface area contributed by atoms with Crippen molar-refractivity contribution in [2.45, 2.75) is 17.9 Å². The predicted octanol–water partition coefficient (Wildman–Crippen LogP) is 2.50. The number of amides is 1. The van der Waals surface area contributed by atoms with Crippen LogP contribution in [0.3, 0.4) is 0 Å². The van der Waals surface area contributed by atoms with Gasteiger partial charge in [-0.05, 0) is 30.9 Å². The van der Waals surface area contributed by atoms with Crippen LogP contribution in [0.5, 0.6) is 5.75 Å². The lowest BCUT2D eigenvalue weighted by Gasteiger charge is -2.23. The van der Waals surface area contributed by atoms with Gasteiger partial charge < -0.3 is 14.2 Å². The topological polar surface area (TPSA) is 50.6 Å². The number of ether oxygens (including phenoxy) is 1. The Balaban J connectivity index is 1.67. The average Bonchev–Trinajstić information content (AvgIpc) is 2.92. The molecule has 0 unspecified atom stereocenters. The lowest BCUT2D eigenvalue weighted by atomic mass is 10.1. The summed E-state index contributed by atoms with van der Waals surface area (Å²) in [5, 5.41) is 0. The number of nitrogens with zero attached hydrogens (tertiary/aromatic N) is 4. The van der Waals surface area contributed by atoms with Gasteiger partial charge in [-0.25, -0.2) is 4.98 Å². The number of aryl methyl sites for hydroxylation is 1. The van der Waals surface area contributed by atoms with E-state index in [4.69, 9.17) is 4.74 Å². The average molecular weight is 375 g/mol. The van der Waals surface area contributed by atoms with E-state index in [0.717, 1.165) is 49.9 Å². The molecule has 1 saturated heterocycles. The Morgan fingerprint density at radius 1 is 1.27 bits per heavy atom. The molecule has 1 amide bonds. The quantitative estimate of drug-likeness (QED) is 0.753. The first-order valence-electron chi connectivity index (χ1n) is 8.82. The second-order valence-corrected chi connectivity index (χ2v) is 7.32. The van der Waals surface area contributed by atoms with E-state index in [0.29, 0.717) is 11.3 Å². The molecule has 1 aromatic heterocycles. The first kappa shape index (κ1) is 18.8. The molecule has 1 aliphatic heterocycles. The van der Waals surface area contributed by atoms with Crippen molar-refractivity contribution in [2.75, 3.05) is 39.5 Å². The number of hydrogen-bond acceptors (Lipinski definition) is 5. The Morgan fingerprint density at radius 3 is 2.81 bits per heavy atom. The summed E-state index contributed by atoms with van der Waals surface area (Å²) in [4.78, 5) is 22.8. The Kier molecular flexibility index (Phi) is 6.21. The highest BCUT2D eigenvalue weighted by atomic mass is 32.2. The third kappa shape index (κ3) is 4.22. The summed E-state index contributed by atoms with van der Waals surface area (Å²) in [6.45, 7) is 4.13. The summed E-state index contributed by atoms with van der Waals surface area (Å²) in [7, 11) is 3.63. The molecule has 0 bridgehead atoms. The Morgan fingerprint density at radius 2 is 2.12 bits per heavy atom. The fourth-order valence-corrected chi connectivity index (χ4v) is 3.66. The van der Waals surface area contributed by atoms with Gasteiger partial charge in [-0.2, -0.15) is 0 Å². The van der Waals surface area contributed by atoms with Crippen molar-refractivity contribution in [3.8, 4) is 5.75 Å². The summed E-state index contributed by atoms with van der Waals surface area (Å²) >= 11 is 1.64. The van der Waals surface area contributed by atoms with Crippen molar-refractivity contribution in [3.05, 3.63) is 42.0 Å². The monoisotopic (exact) mass is 374 g/mol. The Hall–Kier alpha value is -1.99. The maximum atomic E-state index is 13.0. The van der Waals surface area contributed by atoms with Gasteiger partial charge in [0, 0.05) is 50.5 Å². The summed E-state index contributed by atoms with van der Waals surface area (Å²) in [6, 6.07) is 5.79. The van der Waals surface area contributed by atoms with E-state index in [1.165, 1.54) is 0 Å². The Labute approximate surface area is 159 Å². The summed E-state index contributed by atoms with van der Waals surface area (Å²) in [5.74, 6) is 1.75. The van der Waals surface area contributed by atoms with Crippen LogP contribution in [0.1, 0.15) is 22.6 Å². The number of carbonyl (C=O) groups is 1. The molecule has 26 heavy (non-hydrogen) atoms. The van der Waals surface area contributed by atoms with E-state index in [-0.39, 0.29) is 5.91 Å². The molecule has 0 spiro atoms. The fourth-order valence-electron chi connectivity index (χ4n) is 3.23. The molecule has 140 valence electrons. The summed E-state index contributed by atoms with van der Waals surface area (Å²) < 4.78 is 7.50. The molecule has 2 heterocycles. The minimum absolute atomic E-state index is 0.0494. The SMILES string of the molecule is COc1cc(SC)ccc1C(=O)N1CCCN(Cc2nccn2C)CC1. The van der Waals surface area contributed by atoms with E-state index in [1.54, 1.807) is 18.9 Å². The van der Waals surface area contributed by atoms with Crippen molar-refractivity contribution in [2.24, 2.45) is 7.05 Å². The second-order valence-electron chi connectivity index (χ2n) is 6.44.